The third kappa shape index (κ3) is 2.09. The second-order valence-corrected chi connectivity index (χ2v) is 10.6. The number of rotatable bonds is 3. The van der Waals surface area contributed by atoms with E-state index >= 15 is 0 Å². The van der Waals surface area contributed by atoms with Gasteiger partial charge < -0.3 is 9.22 Å². The summed E-state index contributed by atoms with van der Waals surface area (Å²) in [7, 11) is -1.76. The molecule has 1 fully saturated rings. The van der Waals surface area contributed by atoms with Crippen LogP contribution in [0.1, 0.15) is 40.0 Å². The van der Waals surface area contributed by atoms with Crippen molar-refractivity contribution in [2.45, 2.75) is 63.8 Å². The number of aldehydes is 1. The summed E-state index contributed by atoms with van der Waals surface area (Å²) >= 11 is 0. The van der Waals surface area contributed by atoms with Gasteiger partial charge in [-0.2, -0.15) is 0 Å². The van der Waals surface area contributed by atoms with Gasteiger partial charge in [0.15, 0.2) is 14.6 Å². The largest absolute Gasteiger partial charge is 0.405 e. The van der Waals surface area contributed by atoms with Gasteiger partial charge in [-0.25, -0.2) is 0 Å². The summed E-state index contributed by atoms with van der Waals surface area (Å²) in [6.07, 6.45) is 4.00. The number of hydrogen-bond donors (Lipinski definition) is 0. The molecule has 1 saturated carbocycles. The lowest BCUT2D eigenvalue weighted by Crippen LogP contribution is -2.53. The Morgan fingerprint density at radius 3 is 2.00 bits per heavy atom. The minimum atomic E-state index is -1.76. The highest BCUT2D eigenvalue weighted by Gasteiger charge is 2.47. The molecule has 0 N–H and O–H groups in total. The molecule has 82 valence electrons. The fraction of sp³-hybridized carbons (Fsp3) is 0.909. The molecule has 0 aromatic heterocycles. The molecule has 0 heterocycles. The van der Waals surface area contributed by atoms with Crippen molar-refractivity contribution in [1.29, 1.82) is 0 Å². The highest BCUT2D eigenvalue weighted by atomic mass is 28.4. The van der Waals surface area contributed by atoms with E-state index in [0.717, 1.165) is 25.5 Å². The van der Waals surface area contributed by atoms with Gasteiger partial charge in [-0.05, 0) is 37.4 Å². The molecule has 1 rings (SSSR count). The molecule has 14 heavy (non-hydrogen) atoms. The average Bonchev–Trinajstić information content (AvgIpc) is 1.94. The molecule has 0 bridgehead atoms. The van der Waals surface area contributed by atoms with Crippen molar-refractivity contribution in [2.75, 3.05) is 0 Å². The van der Waals surface area contributed by atoms with Crippen molar-refractivity contribution in [2.24, 2.45) is 0 Å². The topological polar surface area (TPSA) is 26.3 Å². The Labute approximate surface area is 88.2 Å². The summed E-state index contributed by atoms with van der Waals surface area (Å²) in [5.41, 5.74) is -0.414. The molecule has 0 aromatic carbocycles. The van der Waals surface area contributed by atoms with Crippen LogP contribution in [-0.4, -0.2) is 20.2 Å². The highest BCUT2D eigenvalue weighted by molar-refractivity contribution is 6.74. The van der Waals surface area contributed by atoms with E-state index in [4.69, 9.17) is 4.43 Å². The van der Waals surface area contributed by atoms with Gasteiger partial charge >= 0.3 is 0 Å². The fourth-order valence-corrected chi connectivity index (χ4v) is 3.01. The van der Waals surface area contributed by atoms with Gasteiger partial charge in [0.25, 0.3) is 0 Å². The minimum Gasteiger partial charge on any atom is -0.405 e. The fourth-order valence-electron chi connectivity index (χ4n) is 1.43. The van der Waals surface area contributed by atoms with E-state index in [9.17, 15) is 4.79 Å². The van der Waals surface area contributed by atoms with Crippen molar-refractivity contribution < 1.29 is 9.22 Å². The molecule has 1 aliphatic carbocycles. The summed E-state index contributed by atoms with van der Waals surface area (Å²) in [5.74, 6) is 0. The van der Waals surface area contributed by atoms with Gasteiger partial charge in [0, 0.05) is 0 Å². The molecule has 0 amide bonds. The Balaban J connectivity index is 2.71. The Kier molecular flexibility index (Phi) is 2.94. The SMILES string of the molecule is CC(C)(C)[Si](C)(C)OC1(C=O)CCC1. The lowest BCUT2D eigenvalue weighted by Gasteiger charge is -2.47. The van der Waals surface area contributed by atoms with E-state index in [0.29, 0.717) is 0 Å². The smallest absolute Gasteiger partial charge is 0.193 e. The minimum absolute atomic E-state index is 0.193. The second-order valence-electron chi connectivity index (χ2n) is 5.90. The first-order valence-corrected chi connectivity index (χ1v) is 8.30. The molecule has 2 nitrogen and oxygen atoms in total. The lowest BCUT2D eigenvalue weighted by molar-refractivity contribution is -0.129. The molecule has 0 aliphatic heterocycles. The maximum absolute atomic E-state index is 11.0. The monoisotopic (exact) mass is 214 g/mol. The lowest BCUT2D eigenvalue weighted by atomic mass is 9.82. The van der Waals surface area contributed by atoms with Crippen molar-refractivity contribution in [3.05, 3.63) is 0 Å². The van der Waals surface area contributed by atoms with E-state index in [-0.39, 0.29) is 5.04 Å². The summed E-state index contributed by atoms with van der Waals surface area (Å²) in [6.45, 7) is 11.0. The molecule has 1 aliphatic rings. The van der Waals surface area contributed by atoms with Gasteiger partial charge in [0.1, 0.15) is 5.60 Å². The van der Waals surface area contributed by atoms with Crippen LogP contribution in [-0.2, 0) is 9.22 Å². The highest BCUT2D eigenvalue weighted by Crippen LogP contribution is 2.44. The molecular weight excluding hydrogens is 192 g/mol. The second kappa shape index (κ2) is 3.45. The molecular formula is C11H22O2Si. The number of hydrogen-bond acceptors (Lipinski definition) is 2. The Hall–Kier alpha value is -0.153. The van der Waals surface area contributed by atoms with Crippen LogP contribution in [0, 0.1) is 0 Å². The van der Waals surface area contributed by atoms with Crippen LogP contribution in [0.3, 0.4) is 0 Å². The van der Waals surface area contributed by atoms with Crippen LogP contribution in [0.25, 0.3) is 0 Å². The van der Waals surface area contributed by atoms with Crippen molar-refractivity contribution in [1.82, 2.24) is 0 Å². The Bertz CT molecular complexity index is 224. The van der Waals surface area contributed by atoms with Gasteiger partial charge in [0.2, 0.25) is 0 Å². The first-order valence-electron chi connectivity index (χ1n) is 5.39. The maximum atomic E-state index is 11.0. The van der Waals surface area contributed by atoms with Crippen LogP contribution in [0.15, 0.2) is 0 Å². The quantitative estimate of drug-likeness (QED) is 0.533. The predicted molar refractivity (Wildman–Crippen MR) is 60.9 cm³/mol. The van der Waals surface area contributed by atoms with E-state index in [1.807, 2.05) is 0 Å². The average molecular weight is 214 g/mol. The zero-order chi connectivity index (χ0) is 11.0. The summed E-state index contributed by atoms with van der Waals surface area (Å²) in [4.78, 5) is 11.0. The van der Waals surface area contributed by atoms with Crippen LogP contribution in [0.2, 0.25) is 18.1 Å². The Morgan fingerprint density at radius 1 is 1.29 bits per heavy atom. The van der Waals surface area contributed by atoms with Crippen LogP contribution >= 0.6 is 0 Å². The van der Waals surface area contributed by atoms with Gasteiger partial charge in [-0.3, -0.25) is 0 Å². The molecule has 0 aromatic rings. The van der Waals surface area contributed by atoms with Crippen molar-refractivity contribution in [3.63, 3.8) is 0 Å². The third-order valence-electron chi connectivity index (χ3n) is 3.68. The first-order chi connectivity index (χ1) is 6.22. The standard InChI is InChI=1S/C11H22O2Si/c1-10(2,3)14(4,5)13-11(9-12)7-6-8-11/h9H,6-8H2,1-5H3. The van der Waals surface area contributed by atoms with Crippen LogP contribution in [0.5, 0.6) is 0 Å². The van der Waals surface area contributed by atoms with Crippen LogP contribution in [0.4, 0.5) is 0 Å². The zero-order valence-corrected chi connectivity index (χ0v) is 11.0. The normalized spacial score (nSPS) is 21.5. The molecule has 0 radical (unpaired) electrons. The molecule has 3 heteroatoms. The number of carbonyl (C=O) groups excluding carboxylic acids is 1. The van der Waals surface area contributed by atoms with E-state index < -0.39 is 13.9 Å². The molecule has 0 spiro atoms. The first kappa shape index (κ1) is 11.9. The molecule has 0 saturated heterocycles. The summed E-state index contributed by atoms with van der Waals surface area (Å²) < 4.78 is 6.15. The summed E-state index contributed by atoms with van der Waals surface area (Å²) in [5, 5.41) is 0.193. The molecule has 0 unspecified atom stereocenters. The summed E-state index contributed by atoms with van der Waals surface area (Å²) in [6, 6.07) is 0. The zero-order valence-electron chi connectivity index (χ0n) is 10.0. The predicted octanol–water partition coefficient (Wildman–Crippen LogP) is 3.13. The van der Waals surface area contributed by atoms with Gasteiger partial charge in [0.05, 0.1) is 0 Å². The van der Waals surface area contributed by atoms with E-state index in [1.54, 1.807) is 0 Å². The third-order valence-corrected chi connectivity index (χ3v) is 8.21. The number of carbonyl (C=O) groups is 1. The van der Waals surface area contributed by atoms with Crippen molar-refractivity contribution >= 4 is 14.6 Å². The van der Waals surface area contributed by atoms with Gasteiger partial charge in [-0.1, -0.05) is 20.8 Å². The Morgan fingerprint density at radius 2 is 1.79 bits per heavy atom. The molecule has 0 atom stereocenters. The maximum Gasteiger partial charge on any atom is 0.193 e. The van der Waals surface area contributed by atoms with Crippen molar-refractivity contribution in [3.8, 4) is 0 Å². The van der Waals surface area contributed by atoms with E-state index in [1.165, 1.54) is 0 Å². The van der Waals surface area contributed by atoms with E-state index in [2.05, 4.69) is 33.9 Å². The van der Waals surface area contributed by atoms with Crippen LogP contribution < -0.4 is 0 Å². The van der Waals surface area contributed by atoms with Gasteiger partial charge in [-0.15, -0.1) is 0 Å².